The van der Waals surface area contributed by atoms with E-state index < -0.39 is 0 Å². The number of methoxy groups -OCH3 is 1. The van der Waals surface area contributed by atoms with Gasteiger partial charge in [-0.3, -0.25) is 4.90 Å². The van der Waals surface area contributed by atoms with Crippen molar-refractivity contribution < 1.29 is 4.74 Å². The van der Waals surface area contributed by atoms with Crippen molar-refractivity contribution in [2.24, 2.45) is 0 Å². The molecule has 29 heavy (non-hydrogen) atoms. The molecule has 9 heteroatoms. The van der Waals surface area contributed by atoms with Gasteiger partial charge in [-0.2, -0.15) is 5.26 Å². The van der Waals surface area contributed by atoms with Gasteiger partial charge in [0.25, 0.3) is 0 Å². The topological polar surface area (TPSA) is 70.2 Å². The molecule has 1 fully saturated rings. The number of hydrogen-bond donors (Lipinski definition) is 0. The van der Waals surface area contributed by atoms with Crippen LogP contribution in [0.15, 0.2) is 43.0 Å². The lowest BCUT2D eigenvalue weighted by molar-refractivity contribution is 0.248. The SMILES string of the molecule is COc1cncnc1N1CCN(CCn2ccc3ccc(C#N)cc32)CC1.Cl.Cl. The molecule has 0 spiro atoms. The predicted octanol–water partition coefficient (Wildman–Crippen LogP) is 2.98. The highest BCUT2D eigenvalue weighted by atomic mass is 35.5. The number of ether oxygens (including phenoxy) is 1. The molecule has 154 valence electrons. The lowest BCUT2D eigenvalue weighted by Crippen LogP contribution is -2.47. The minimum absolute atomic E-state index is 0. The van der Waals surface area contributed by atoms with E-state index >= 15 is 0 Å². The summed E-state index contributed by atoms with van der Waals surface area (Å²) in [6, 6.07) is 10.2. The summed E-state index contributed by atoms with van der Waals surface area (Å²) in [7, 11) is 1.65. The Morgan fingerprint density at radius 1 is 1.10 bits per heavy atom. The molecule has 1 aliphatic heterocycles. The van der Waals surface area contributed by atoms with Crippen molar-refractivity contribution in [1.82, 2.24) is 19.4 Å². The van der Waals surface area contributed by atoms with Crippen LogP contribution in [-0.4, -0.2) is 59.3 Å². The van der Waals surface area contributed by atoms with Crippen molar-refractivity contribution in [3.63, 3.8) is 0 Å². The maximum absolute atomic E-state index is 9.13. The van der Waals surface area contributed by atoms with Crippen LogP contribution in [0.5, 0.6) is 5.75 Å². The molecule has 0 unspecified atom stereocenters. The van der Waals surface area contributed by atoms with E-state index in [9.17, 15) is 0 Å². The molecular weight excluding hydrogens is 411 g/mol. The van der Waals surface area contributed by atoms with Gasteiger partial charge in [0.05, 0.1) is 24.9 Å². The number of nitriles is 1. The van der Waals surface area contributed by atoms with Crippen molar-refractivity contribution in [3.8, 4) is 11.8 Å². The number of rotatable bonds is 5. The summed E-state index contributed by atoms with van der Waals surface area (Å²) < 4.78 is 7.61. The van der Waals surface area contributed by atoms with Crippen molar-refractivity contribution in [2.75, 3.05) is 44.7 Å². The molecule has 1 aromatic carbocycles. The summed E-state index contributed by atoms with van der Waals surface area (Å²) in [4.78, 5) is 13.1. The monoisotopic (exact) mass is 434 g/mol. The molecule has 0 amide bonds. The van der Waals surface area contributed by atoms with Gasteiger partial charge in [0, 0.05) is 51.0 Å². The fourth-order valence-corrected chi connectivity index (χ4v) is 3.57. The average Bonchev–Trinajstić information content (AvgIpc) is 3.14. The van der Waals surface area contributed by atoms with Crippen LogP contribution in [0.4, 0.5) is 5.82 Å². The predicted molar refractivity (Wildman–Crippen MR) is 118 cm³/mol. The third kappa shape index (κ3) is 4.91. The van der Waals surface area contributed by atoms with Gasteiger partial charge in [-0.25, -0.2) is 9.97 Å². The van der Waals surface area contributed by atoms with Gasteiger partial charge in [0.2, 0.25) is 0 Å². The van der Waals surface area contributed by atoms with Crippen LogP contribution in [0.25, 0.3) is 10.9 Å². The first-order chi connectivity index (χ1) is 13.3. The number of halogens is 2. The van der Waals surface area contributed by atoms with E-state index in [2.05, 4.69) is 42.7 Å². The molecular formula is C20H24Cl2N6O. The third-order valence-electron chi connectivity index (χ3n) is 5.11. The zero-order valence-electron chi connectivity index (χ0n) is 16.2. The Morgan fingerprint density at radius 2 is 1.90 bits per heavy atom. The highest BCUT2D eigenvalue weighted by molar-refractivity contribution is 5.85. The molecule has 0 bridgehead atoms. The van der Waals surface area contributed by atoms with Gasteiger partial charge in [-0.1, -0.05) is 6.07 Å². The van der Waals surface area contributed by atoms with Gasteiger partial charge in [0.15, 0.2) is 11.6 Å². The molecule has 1 aliphatic rings. The molecule has 3 heterocycles. The second kappa shape index (κ2) is 10.3. The minimum Gasteiger partial charge on any atom is -0.491 e. The van der Waals surface area contributed by atoms with Gasteiger partial charge < -0.3 is 14.2 Å². The number of benzene rings is 1. The number of hydrogen-bond acceptors (Lipinski definition) is 6. The van der Waals surface area contributed by atoms with Gasteiger partial charge in [0.1, 0.15) is 6.33 Å². The van der Waals surface area contributed by atoms with E-state index in [0.717, 1.165) is 56.4 Å². The molecule has 2 aromatic heterocycles. The Labute approximate surface area is 182 Å². The number of piperazine rings is 1. The number of aromatic nitrogens is 3. The molecule has 0 radical (unpaired) electrons. The lowest BCUT2D eigenvalue weighted by atomic mass is 10.2. The second-order valence-corrected chi connectivity index (χ2v) is 6.64. The van der Waals surface area contributed by atoms with Crippen LogP contribution < -0.4 is 9.64 Å². The van der Waals surface area contributed by atoms with E-state index in [1.807, 2.05) is 18.2 Å². The third-order valence-corrected chi connectivity index (χ3v) is 5.11. The summed E-state index contributed by atoms with van der Waals surface area (Å²) in [5, 5.41) is 10.3. The van der Waals surface area contributed by atoms with Crippen molar-refractivity contribution >= 4 is 41.5 Å². The maximum atomic E-state index is 9.13. The number of nitrogens with zero attached hydrogens (tertiary/aromatic N) is 6. The van der Waals surface area contributed by atoms with Crippen molar-refractivity contribution in [3.05, 3.63) is 48.5 Å². The molecule has 0 saturated carbocycles. The van der Waals surface area contributed by atoms with E-state index in [0.29, 0.717) is 5.56 Å². The summed E-state index contributed by atoms with van der Waals surface area (Å²) in [6.07, 6.45) is 5.38. The van der Waals surface area contributed by atoms with E-state index in [-0.39, 0.29) is 24.8 Å². The first kappa shape index (κ1) is 22.8. The largest absolute Gasteiger partial charge is 0.491 e. The van der Waals surface area contributed by atoms with Crippen LogP contribution in [-0.2, 0) is 6.54 Å². The Balaban J connectivity index is 0.00000150. The Morgan fingerprint density at radius 3 is 2.62 bits per heavy atom. The van der Waals surface area contributed by atoms with E-state index in [1.54, 1.807) is 19.6 Å². The second-order valence-electron chi connectivity index (χ2n) is 6.64. The Hall–Kier alpha value is -2.53. The summed E-state index contributed by atoms with van der Waals surface area (Å²) in [5.41, 5.74) is 1.83. The standard InChI is InChI=1S/C20H22N6O.2ClH/c1-27-19-14-22-15-23-20(19)26-10-7-24(8-11-26)6-9-25-5-4-17-3-2-16(13-21)12-18(17)25;;/h2-5,12,14-15H,6-11H2,1H3;2*1H. The molecule has 0 N–H and O–H groups in total. The highest BCUT2D eigenvalue weighted by Crippen LogP contribution is 2.24. The molecule has 1 saturated heterocycles. The zero-order valence-corrected chi connectivity index (χ0v) is 17.8. The van der Waals surface area contributed by atoms with Crippen LogP contribution in [0.2, 0.25) is 0 Å². The highest BCUT2D eigenvalue weighted by Gasteiger charge is 2.20. The van der Waals surface area contributed by atoms with Crippen molar-refractivity contribution in [1.29, 1.82) is 5.26 Å². The molecule has 3 aromatic rings. The van der Waals surface area contributed by atoms with Gasteiger partial charge >= 0.3 is 0 Å². The zero-order chi connectivity index (χ0) is 18.6. The van der Waals surface area contributed by atoms with Crippen LogP contribution >= 0.6 is 24.8 Å². The number of anilines is 1. The Bertz CT molecular complexity index is 979. The normalized spacial score (nSPS) is 14.0. The van der Waals surface area contributed by atoms with Crippen LogP contribution in [0.3, 0.4) is 0 Å². The maximum Gasteiger partial charge on any atom is 0.179 e. The van der Waals surface area contributed by atoms with E-state index in [1.165, 1.54) is 5.39 Å². The average molecular weight is 435 g/mol. The van der Waals surface area contributed by atoms with Gasteiger partial charge in [-0.15, -0.1) is 24.8 Å². The molecule has 4 rings (SSSR count). The van der Waals surface area contributed by atoms with Crippen molar-refractivity contribution in [2.45, 2.75) is 6.54 Å². The lowest BCUT2D eigenvalue weighted by Gasteiger charge is -2.35. The first-order valence-electron chi connectivity index (χ1n) is 9.09. The molecule has 0 aliphatic carbocycles. The van der Waals surface area contributed by atoms with Crippen LogP contribution in [0, 0.1) is 11.3 Å². The summed E-state index contributed by atoms with van der Waals surface area (Å²) in [6.45, 7) is 5.69. The Kier molecular flexibility index (Phi) is 8.09. The fraction of sp³-hybridized carbons (Fsp3) is 0.350. The van der Waals surface area contributed by atoms with E-state index in [4.69, 9.17) is 10.00 Å². The quantitative estimate of drug-likeness (QED) is 0.614. The summed E-state index contributed by atoms with van der Waals surface area (Å²) >= 11 is 0. The molecule has 7 nitrogen and oxygen atoms in total. The fourth-order valence-electron chi connectivity index (χ4n) is 3.57. The first-order valence-corrected chi connectivity index (χ1v) is 9.09. The van der Waals surface area contributed by atoms with Gasteiger partial charge in [-0.05, 0) is 23.6 Å². The number of fused-ring (bicyclic) bond motifs is 1. The minimum atomic E-state index is 0. The summed E-state index contributed by atoms with van der Waals surface area (Å²) in [5.74, 6) is 1.59. The van der Waals surface area contributed by atoms with Crippen LogP contribution in [0.1, 0.15) is 5.56 Å². The smallest absolute Gasteiger partial charge is 0.179 e. The molecule has 0 atom stereocenters.